The molecule has 3 aromatic rings. The zero-order chi connectivity index (χ0) is 17.6. The highest BCUT2D eigenvalue weighted by Gasteiger charge is 2.13. The van der Waals surface area contributed by atoms with E-state index in [-0.39, 0.29) is 17.3 Å². The van der Waals surface area contributed by atoms with E-state index in [4.69, 9.17) is 16.2 Å². The van der Waals surface area contributed by atoms with Crippen LogP contribution in [0.1, 0.15) is 11.1 Å². The van der Waals surface area contributed by atoms with Crippen molar-refractivity contribution >= 4 is 11.8 Å². The molecule has 0 saturated heterocycles. The van der Waals surface area contributed by atoms with Crippen LogP contribution in [0.25, 0.3) is 11.3 Å². The Kier molecular flexibility index (Phi) is 4.77. The lowest BCUT2D eigenvalue weighted by Gasteiger charge is -2.10. The molecule has 124 valence electrons. The molecule has 25 heavy (non-hydrogen) atoms. The van der Waals surface area contributed by atoms with Crippen LogP contribution in [0.3, 0.4) is 0 Å². The molecule has 4 N–H and O–H groups in total. The fourth-order valence-electron chi connectivity index (χ4n) is 2.48. The first kappa shape index (κ1) is 16.3. The van der Waals surface area contributed by atoms with Gasteiger partial charge in [0, 0.05) is 12.0 Å². The number of hydrogen-bond donors (Lipinski definition) is 2. The number of hydrogen-bond acceptors (Lipinski definition) is 6. The van der Waals surface area contributed by atoms with Crippen LogP contribution in [0, 0.1) is 11.3 Å². The second kappa shape index (κ2) is 7.32. The van der Waals surface area contributed by atoms with E-state index in [0.29, 0.717) is 23.6 Å². The van der Waals surface area contributed by atoms with E-state index in [1.54, 1.807) is 0 Å². The van der Waals surface area contributed by atoms with Gasteiger partial charge < -0.3 is 16.2 Å². The largest absolute Gasteiger partial charge is 0.493 e. The third-order valence-electron chi connectivity index (χ3n) is 3.68. The maximum Gasteiger partial charge on any atom is 0.222 e. The Hall–Kier alpha value is -3.59. The first-order valence-electron chi connectivity index (χ1n) is 7.77. The van der Waals surface area contributed by atoms with Crippen molar-refractivity contribution in [3.8, 4) is 23.1 Å². The molecule has 6 nitrogen and oxygen atoms in total. The minimum absolute atomic E-state index is 0.0295. The Labute approximate surface area is 145 Å². The summed E-state index contributed by atoms with van der Waals surface area (Å²) < 4.78 is 5.82. The summed E-state index contributed by atoms with van der Waals surface area (Å²) in [6, 6.07) is 19.5. The van der Waals surface area contributed by atoms with Crippen LogP contribution in [0.4, 0.5) is 11.8 Å². The molecule has 0 bridgehead atoms. The van der Waals surface area contributed by atoms with Crippen LogP contribution in [-0.4, -0.2) is 16.6 Å². The van der Waals surface area contributed by atoms with E-state index < -0.39 is 0 Å². The first-order chi connectivity index (χ1) is 12.2. The highest BCUT2D eigenvalue weighted by atomic mass is 16.5. The van der Waals surface area contributed by atoms with Crippen molar-refractivity contribution in [2.45, 2.75) is 6.42 Å². The molecule has 0 fully saturated rings. The van der Waals surface area contributed by atoms with Crippen LogP contribution in [0.15, 0.2) is 54.6 Å². The van der Waals surface area contributed by atoms with Crippen LogP contribution in [0.5, 0.6) is 5.75 Å². The van der Waals surface area contributed by atoms with Gasteiger partial charge in [0.2, 0.25) is 5.95 Å². The van der Waals surface area contributed by atoms with Crippen LogP contribution in [0.2, 0.25) is 0 Å². The minimum Gasteiger partial charge on any atom is -0.493 e. The van der Waals surface area contributed by atoms with Gasteiger partial charge in [-0.15, -0.1) is 0 Å². The topological polar surface area (TPSA) is 111 Å². The molecular formula is C19H17N5O. The number of benzene rings is 2. The van der Waals surface area contributed by atoms with Gasteiger partial charge in [-0.3, -0.25) is 0 Å². The number of nitrogens with zero attached hydrogens (tertiary/aromatic N) is 3. The molecule has 0 radical (unpaired) electrons. The highest BCUT2D eigenvalue weighted by molar-refractivity contribution is 5.73. The maximum absolute atomic E-state index is 9.31. The predicted molar refractivity (Wildman–Crippen MR) is 96.6 cm³/mol. The van der Waals surface area contributed by atoms with Gasteiger partial charge in [0.05, 0.1) is 12.3 Å². The Balaban J connectivity index is 1.79. The SMILES string of the molecule is N#Cc1c(N)nc(N)nc1-c1cccc(OCCc2ccccc2)c1. The van der Waals surface area contributed by atoms with Gasteiger partial charge in [0.25, 0.3) is 0 Å². The third kappa shape index (κ3) is 3.85. The van der Waals surface area contributed by atoms with Gasteiger partial charge in [0.1, 0.15) is 23.2 Å². The van der Waals surface area contributed by atoms with E-state index in [9.17, 15) is 5.26 Å². The number of rotatable bonds is 5. The first-order valence-corrected chi connectivity index (χ1v) is 7.77. The predicted octanol–water partition coefficient (Wildman–Crippen LogP) is 2.80. The van der Waals surface area contributed by atoms with Crippen molar-refractivity contribution in [1.29, 1.82) is 5.26 Å². The summed E-state index contributed by atoms with van der Waals surface area (Å²) in [6.45, 7) is 0.548. The van der Waals surface area contributed by atoms with Crippen molar-refractivity contribution in [2.24, 2.45) is 0 Å². The van der Waals surface area contributed by atoms with E-state index in [1.807, 2.05) is 48.5 Å². The highest BCUT2D eigenvalue weighted by Crippen LogP contribution is 2.28. The molecule has 0 saturated carbocycles. The average molecular weight is 331 g/mol. The normalized spacial score (nSPS) is 10.2. The molecular weight excluding hydrogens is 314 g/mol. The van der Waals surface area contributed by atoms with Gasteiger partial charge in [-0.1, -0.05) is 42.5 Å². The number of aromatic nitrogens is 2. The Bertz CT molecular complexity index is 919. The number of nitriles is 1. The van der Waals surface area contributed by atoms with Gasteiger partial charge >= 0.3 is 0 Å². The lowest BCUT2D eigenvalue weighted by molar-refractivity contribution is 0.322. The molecule has 0 unspecified atom stereocenters. The molecule has 0 spiro atoms. The lowest BCUT2D eigenvalue weighted by Crippen LogP contribution is -2.05. The van der Waals surface area contributed by atoms with Crippen molar-refractivity contribution < 1.29 is 4.74 Å². The van der Waals surface area contributed by atoms with Gasteiger partial charge in [-0.2, -0.15) is 10.2 Å². The summed E-state index contributed by atoms with van der Waals surface area (Å²) in [5.74, 6) is 0.787. The summed E-state index contributed by atoms with van der Waals surface area (Å²) in [5, 5.41) is 9.31. The number of nitrogen functional groups attached to an aromatic ring is 2. The zero-order valence-electron chi connectivity index (χ0n) is 13.5. The second-order valence-electron chi connectivity index (χ2n) is 5.41. The number of ether oxygens (including phenoxy) is 1. The summed E-state index contributed by atoms with van der Waals surface area (Å²) in [4.78, 5) is 7.98. The van der Waals surface area contributed by atoms with E-state index in [2.05, 4.69) is 22.1 Å². The monoisotopic (exact) mass is 331 g/mol. The zero-order valence-corrected chi connectivity index (χ0v) is 13.5. The maximum atomic E-state index is 9.31. The minimum atomic E-state index is 0.0295. The number of anilines is 2. The van der Waals surface area contributed by atoms with Gasteiger partial charge in [-0.25, -0.2) is 4.98 Å². The number of nitrogens with two attached hydrogens (primary N) is 2. The molecule has 0 atom stereocenters. The van der Waals surface area contributed by atoms with Crippen molar-refractivity contribution in [3.05, 3.63) is 65.7 Å². The van der Waals surface area contributed by atoms with Gasteiger partial charge in [0.15, 0.2) is 0 Å². The Morgan fingerprint density at radius 1 is 1.00 bits per heavy atom. The van der Waals surface area contributed by atoms with Crippen molar-refractivity contribution in [2.75, 3.05) is 18.1 Å². The smallest absolute Gasteiger partial charge is 0.222 e. The fraction of sp³-hybridized carbons (Fsp3) is 0.105. The summed E-state index contributed by atoms with van der Waals surface area (Å²) in [5.41, 5.74) is 13.9. The van der Waals surface area contributed by atoms with E-state index in [1.165, 1.54) is 5.56 Å². The molecule has 0 aliphatic carbocycles. The van der Waals surface area contributed by atoms with Crippen molar-refractivity contribution in [1.82, 2.24) is 9.97 Å². The third-order valence-corrected chi connectivity index (χ3v) is 3.68. The summed E-state index contributed by atoms with van der Waals surface area (Å²) in [6.07, 6.45) is 0.807. The van der Waals surface area contributed by atoms with E-state index in [0.717, 1.165) is 6.42 Å². The Morgan fingerprint density at radius 3 is 2.56 bits per heavy atom. The van der Waals surface area contributed by atoms with Crippen LogP contribution >= 0.6 is 0 Å². The van der Waals surface area contributed by atoms with Crippen LogP contribution < -0.4 is 16.2 Å². The molecule has 0 amide bonds. The quantitative estimate of drug-likeness (QED) is 0.743. The molecule has 1 heterocycles. The van der Waals surface area contributed by atoms with Crippen molar-refractivity contribution in [3.63, 3.8) is 0 Å². The molecule has 0 aliphatic rings. The summed E-state index contributed by atoms with van der Waals surface area (Å²) in [7, 11) is 0. The molecule has 6 heteroatoms. The van der Waals surface area contributed by atoms with Crippen LogP contribution in [-0.2, 0) is 6.42 Å². The molecule has 1 aromatic heterocycles. The van der Waals surface area contributed by atoms with E-state index >= 15 is 0 Å². The molecule has 3 rings (SSSR count). The molecule has 2 aromatic carbocycles. The Morgan fingerprint density at radius 2 is 1.80 bits per heavy atom. The second-order valence-corrected chi connectivity index (χ2v) is 5.41. The standard InChI is InChI=1S/C19H17N5O/c20-12-16-17(23-19(22)24-18(16)21)14-7-4-8-15(11-14)25-10-9-13-5-2-1-3-6-13/h1-8,11H,9-10H2,(H4,21,22,23,24). The summed E-state index contributed by atoms with van der Waals surface area (Å²) >= 11 is 0. The fourth-order valence-corrected chi connectivity index (χ4v) is 2.48. The van der Waals surface area contributed by atoms with Gasteiger partial charge in [-0.05, 0) is 17.7 Å². The average Bonchev–Trinajstić information content (AvgIpc) is 2.62. The lowest BCUT2D eigenvalue weighted by atomic mass is 10.1. The molecule has 0 aliphatic heterocycles.